The predicted molar refractivity (Wildman–Crippen MR) is 157 cm³/mol. The Labute approximate surface area is 232 Å². The minimum Gasteiger partial charge on any atom is -0.464 e. The monoisotopic (exact) mass is 536 g/mol. The Morgan fingerprint density at radius 1 is 0.795 bits per heavy atom. The first-order valence-electron chi connectivity index (χ1n) is 14.2. The van der Waals surface area contributed by atoms with Crippen molar-refractivity contribution in [3.05, 3.63) is 47.7 Å². The first-order valence-corrected chi connectivity index (χ1v) is 14.2. The number of likely N-dealkylation sites (N-methyl/N-ethyl adjacent to an activating group) is 2. The SMILES string of the molecule is CN1CCN(CCCNC(=O)/C=C/c2ccc3occ(/C=C/C(=O)NCCCN4CCN(C)CC4)c3c2)CC1. The fourth-order valence-electron chi connectivity index (χ4n) is 4.93. The average molecular weight is 537 g/mol. The molecule has 2 N–H and O–H groups in total. The van der Waals surface area contributed by atoms with Gasteiger partial charge in [0.15, 0.2) is 0 Å². The van der Waals surface area contributed by atoms with E-state index in [2.05, 4.69) is 44.3 Å². The maximum atomic E-state index is 12.3. The predicted octanol–water partition coefficient (Wildman–Crippen LogP) is 1.97. The number of furan rings is 1. The van der Waals surface area contributed by atoms with E-state index in [1.165, 1.54) is 0 Å². The normalized spacial score (nSPS) is 18.4. The van der Waals surface area contributed by atoms with Crippen molar-refractivity contribution >= 4 is 34.9 Å². The van der Waals surface area contributed by atoms with Gasteiger partial charge in [-0.1, -0.05) is 6.07 Å². The fourth-order valence-corrected chi connectivity index (χ4v) is 4.93. The van der Waals surface area contributed by atoms with Crippen molar-refractivity contribution in [1.82, 2.24) is 30.2 Å². The smallest absolute Gasteiger partial charge is 0.244 e. The van der Waals surface area contributed by atoms with E-state index < -0.39 is 0 Å². The van der Waals surface area contributed by atoms with Gasteiger partial charge in [-0.3, -0.25) is 9.59 Å². The molecule has 212 valence electrons. The second kappa shape index (κ2) is 15.0. The molecule has 0 spiro atoms. The first kappa shape index (κ1) is 29.0. The largest absolute Gasteiger partial charge is 0.464 e. The Kier molecular flexibility index (Phi) is 11.1. The summed E-state index contributed by atoms with van der Waals surface area (Å²) in [4.78, 5) is 34.2. The third-order valence-electron chi connectivity index (χ3n) is 7.56. The maximum Gasteiger partial charge on any atom is 0.244 e. The minimum atomic E-state index is -0.108. The number of amides is 2. The summed E-state index contributed by atoms with van der Waals surface area (Å²) in [7, 11) is 4.31. The number of hydrogen-bond donors (Lipinski definition) is 2. The van der Waals surface area contributed by atoms with Crippen LogP contribution in [0, 0.1) is 0 Å². The lowest BCUT2D eigenvalue weighted by Gasteiger charge is -2.32. The number of benzene rings is 1. The van der Waals surface area contributed by atoms with Gasteiger partial charge in [0.05, 0.1) is 6.26 Å². The zero-order chi connectivity index (χ0) is 27.5. The summed E-state index contributed by atoms with van der Waals surface area (Å²) in [5.41, 5.74) is 2.48. The molecule has 9 heteroatoms. The molecule has 3 heterocycles. The van der Waals surface area contributed by atoms with Crippen LogP contribution in [0.5, 0.6) is 0 Å². The summed E-state index contributed by atoms with van der Waals surface area (Å²) in [5.74, 6) is -0.201. The standard InChI is InChI=1S/C30H44N6O3/c1-33-15-19-35(20-16-33)13-3-11-31-29(37)9-6-25-5-8-28-27(23-25)26(24-39-28)7-10-30(38)32-12-4-14-36-21-17-34(2)18-22-36/h5-10,23-24H,3-4,11-22H2,1-2H3,(H,31,37)(H,32,38)/b9-6+,10-7+. The highest BCUT2D eigenvalue weighted by Crippen LogP contribution is 2.24. The quantitative estimate of drug-likeness (QED) is 0.317. The second-order valence-corrected chi connectivity index (χ2v) is 10.7. The Hall–Kier alpha value is -2.98. The van der Waals surface area contributed by atoms with E-state index in [4.69, 9.17) is 4.42 Å². The zero-order valence-electron chi connectivity index (χ0n) is 23.5. The Morgan fingerprint density at radius 3 is 1.90 bits per heavy atom. The van der Waals surface area contributed by atoms with Gasteiger partial charge >= 0.3 is 0 Å². The maximum absolute atomic E-state index is 12.3. The van der Waals surface area contributed by atoms with E-state index in [0.717, 1.165) is 100 Å². The number of piperazine rings is 2. The Bertz CT molecular complexity index is 1130. The molecule has 9 nitrogen and oxygen atoms in total. The average Bonchev–Trinajstić information content (AvgIpc) is 3.35. The molecule has 0 atom stereocenters. The van der Waals surface area contributed by atoms with Gasteiger partial charge < -0.3 is 34.7 Å². The van der Waals surface area contributed by atoms with Gasteiger partial charge in [-0.2, -0.15) is 0 Å². The molecule has 2 saturated heterocycles. The number of nitrogens with one attached hydrogen (secondary N) is 2. The van der Waals surface area contributed by atoms with E-state index in [1.54, 1.807) is 24.5 Å². The van der Waals surface area contributed by atoms with Crippen molar-refractivity contribution in [2.75, 3.05) is 92.6 Å². The molecular weight excluding hydrogens is 492 g/mol. The van der Waals surface area contributed by atoms with E-state index in [0.29, 0.717) is 13.1 Å². The van der Waals surface area contributed by atoms with Crippen molar-refractivity contribution in [3.63, 3.8) is 0 Å². The van der Waals surface area contributed by atoms with E-state index >= 15 is 0 Å². The molecule has 2 fully saturated rings. The van der Waals surface area contributed by atoms with Crippen LogP contribution in [0.3, 0.4) is 0 Å². The van der Waals surface area contributed by atoms with Crippen molar-refractivity contribution < 1.29 is 14.0 Å². The van der Waals surface area contributed by atoms with Crippen LogP contribution >= 0.6 is 0 Å². The molecule has 2 amide bonds. The molecule has 2 aliphatic rings. The molecule has 4 rings (SSSR count). The summed E-state index contributed by atoms with van der Waals surface area (Å²) in [6.45, 7) is 12.2. The molecule has 2 aromatic rings. The Balaban J connectivity index is 1.18. The molecule has 0 radical (unpaired) electrons. The molecule has 1 aromatic carbocycles. The third kappa shape index (κ3) is 9.61. The number of rotatable bonds is 12. The Morgan fingerprint density at radius 2 is 1.33 bits per heavy atom. The number of carbonyl (C=O) groups excluding carboxylic acids is 2. The highest BCUT2D eigenvalue weighted by atomic mass is 16.3. The number of carbonyl (C=O) groups is 2. The van der Waals surface area contributed by atoms with Gasteiger partial charge in [-0.05, 0) is 69.9 Å². The highest BCUT2D eigenvalue weighted by Gasteiger charge is 2.14. The second-order valence-electron chi connectivity index (χ2n) is 10.7. The van der Waals surface area contributed by atoms with Gasteiger partial charge in [-0.15, -0.1) is 0 Å². The van der Waals surface area contributed by atoms with Crippen molar-refractivity contribution in [1.29, 1.82) is 0 Å². The van der Waals surface area contributed by atoms with Crippen LogP contribution in [0.15, 0.2) is 41.0 Å². The highest BCUT2D eigenvalue weighted by molar-refractivity contribution is 5.97. The van der Waals surface area contributed by atoms with Crippen molar-refractivity contribution in [2.45, 2.75) is 12.8 Å². The van der Waals surface area contributed by atoms with Crippen LogP contribution in [0.2, 0.25) is 0 Å². The number of fused-ring (bicyclic) bond motifs is 1. The van der Waals surface area contributed by atoms with Crippen molar-refractivity contribution in [3.8, 4) is 0 Å². The third-order valence-corrected chi connectivity index (χ3v) is 7.56. The summed E-state index contributed by atoms with van der Waals surface area (Å²) < 4.78 is 5.65. The molecule has 0 bridgehead atoms. The number of hydrogen-bond acceptors (Lipinski definition) is 7. The molecule has 0 saturated carbocycles. The van der Waals surface area contributed by atoms with E-state index in [9.17, 15) is 9.59 Å². The summed E-state index contributed by atoms with van der Waals surface area (Å²) in [5, 5.41) is 6.86. The molecule has 39 heavy (non-hydrogen) atoms. The van der Waals surface area contributed by atoms with Crippen LogP contribution in [0.4, 0.5) is 0 Å². The zero-order valence-corrected chi connectivity index (χ0v) is 23.5. The van der Waals surface area contributed by atoms with Gasteiger partial charge in [0.1, 0.15) is 5.58 Å². The van der Waals surface area contributed by atoms with Gasteiger partial charge in [-0.25, -0.2) is 0 Å². The summed E-state index contributed by atoms with van der Waals surface area (Å²) in [6, 6.07) is 5.78. The van der Waals surface area contributed by atoms with E-state index in [-0.39, 0.29) is 11.8 Å². The fraction of sp³-hybridized carbons (Fsp3) is 0.533. The van der Waals surface area contributed by atoms with Gasteiger partial charge in [0, 0.05) is 88.5 Å². The topological polar surface area (TPSA) is 84.3 Å². The van der Waals surface area contributed by atoms with Crippen molar-refractivity contribution in [2.24, 2.45) is 0 Å². The number of nitrogens with zero attached hydrogens (tertiary/aromatic N) is 4. The molecule has 0 aliphatic carbocycles. The molecule has 1 aromatic heterocycles. The first-order chi connectivity index (χ1) is 19.0. The molecular formula is C30H44N6O3. The van der Waals surface area contributed by atoms with Crippen LogP contribution < -0.4 is 10.6 Å². The van der Waals surface area contributed by atoms with Gasteiger partial charge in [0.25, 0.3) is 0 Å². The van der Waals surface area contributed by atoms with Crippen LogP contribution in [-0.2, 0) is 9.59 Å². The van der Waals surface area contributed by atoms with Crippen LogP contribution in [0.25, 0.3) is 23.1 Å². The lowest BCUT2D eigenvalue weighted by molar-refractivity contribution is -0.117. The van der Waals surface area contributed by atoms with E-state index in [1.807, 2.05) is 24.3 Å². The van der Waals surface area contributed by atoms with Crippen LogP contribution in [0.1, 0.15) is 24.0 Å². The van der Waals surface area contributed by atoms with Gasteiger partial charge in [0.2, 0.25) is 11.8 Å². The lowest BCUT2D eigenvalue weighted by Crippen LogP contribution is -2.45. The summed E-state index contributed by atoms with van der Waals surface area (Å²) >= 11 is 0. The minimum absolute atomic E-state index is 0.0925. The van der Waals surface area contributed by atoms with Crippen LogP contribution in [-0.4, -0.2) is 124 Å². The molecule has 0 unspecified atom stereocenters. The summed E-state index contributed by atoms with van der Waals surface area (Å²) in [6.07, 6.45) is 10.3. The molecule has 2 aliphatic heterocycles. The lowest BCUT2D eigenvalue weighted by atomic mass is 10.1.